The van der Waals surface area contributed by atoms with E-state index < -0.39 is 10.0 Å². The van der Waals surface area contributed by atoms with Crippen LogP contribution in [0.5, 0.6) is 0 Å². The van der Waals surface area contributed by atoms with Crippen molar-refractivity contribution in [2.24, 2.45) is 11.1 Å². The van der Waals surface area contributed by atoms with Crippen LogP contribution in [0, 0.1) is 5.41 Å². The predicted molar refractivity (Wildman–Crippen MR) is 64.1 cm³/mol. The molecule has 0 spiro atoms. The summed E-state index contributed by atoms with van der Waals surface area (Å²) >= 11 is 0. The summed E-state index contributed by atoms with van der Waals surface area (Å²) in [4.78, 5) is 0. The van der Waals surface area contributed by atoms with E-state index in [-0.39, 0.29) is 11.2 Å². The van der Waals surface area contributed by atoms with Gasteiger partial charge in [-0.15, -0.1) is 0 Å². The van der Waals surface area contributed by atoms with Crippen molar-refractivity contribution < 1.29 is 8.42 Å². The maximum atomic E-state index is 11.5. The lowest BCUT2D eigenvalue weighted by molar-refractivity contribution is 0.275. The highest BCUT2D eigenvalue weighted by Gasteiger charge is 2.26. The Morgan fingerprint density at radius 1 is 1.20 bits per heavy atom. The molecule has 0 aliphatic rings. The highest BCUT2D eigenvalue weighted by atomic mass is 32.2. The van der Waals surface area contributed by atoms with E-state index >= 15 is 0 Å². The fourth-order valence-corrected chi connectivity index (χ4v) is 2.67. The first-order valence-corrected chi connectivity index (χ1v) is 7.28. The number of nitrogens with one attached hydrogen (secondary N) is 1. The average Bonchev–Trinajstić information content (AvgIpc) is 2.21. The molecular weight excluding hydrogens is 212 g/mol. The van der Waals surface area contributed by atoms with E-state index in [2.05, 4.69) is 4.72 Å². The summed E-state index contributed by atoms with van der Waals surface area (Å²) in [5.74, 6) is 0.196. The SMILES string of the molecule is CCCS(=O)(=O)NCC(CC)(CC)CN. The summed E-state index contributed by atoms with van der Waals surface area (Å²) in [7, 11) is -3.10. The molecule has 4 nitrogen and oxygen atoms in total. The molecule has 0 bridgehead atoms. The van der Waals surface area contributed by atoms with Crippen molar-refractivity contribution >= 4 is 10.0 Å². The van der Waals surface area contributed by atoms with Crippen LogP contribution in [0.15, 0.2) is 0 Å². The van der Waals surface area contributed by atoms with Crippen LogP contribution in [0.3, 0.4) is 0 Å². The van der Waals surface area contributed by atoms with E-state index in [1.165, 1.54) is 0 Å². The van der Waals surface area contributed by atoms with Gasteiger partial charge in [0.1, 0.15) is 0 Å². The summed E-state index contributed by atoms with van der Waals surface area (Å²) in [6, 6.07) is 0. The quantitative estimate of drug-likeness (QED) is 0.662. The van der Waals surface area contributed by atoms with Crippen molar-refractivity contribution in [2.45, 2.75) is 40.0 Å². The van der Waals surface area contributed by atoms with E-state index in [4.69, 9.17) is 5.73 Å². The van der Waals surface area contributed by atoms with Crippen LogP contribution in [0.2, 0.25) is 0 Å². The lowest BCUT2D eigenvalue weighted by Gasteiger charge is -2.30. The van der Waals surface area contributed by atoms with Crippen LogP contribution in [0.4, 0.5) is 0 Å². The average molecular weight is 236 g/mol. The third kappa shape index (κ3) is 4.95. The van der Waals surface area contributed by atoms with Crippen LogP contribution in [-0.2, 0) is 10.0 Å². The van der Waals surface area contributed by atoms with Gasteiger partial charge < -0.3 is 5.73 Å². The van der Waals surface area contributed by atoms with Crippen LogP contribution >= 0.6 is 0 Å². The zero-order chi connectivity index (χ0) is 11.9. The van der Waals surface area contributed by atoms with E-state index in [1.807, 2.05) is 20.8 Å². The minimum absolute atomic E-state index is 0.0825. The molecule has 0 aliphatic carbocycles. The molecule has 0 aromatic carbocycles. The zero-order valence-electron chi connectivity index (χ0n) is 10.0. The molecule has 0 heterocycles. The number of hydrogen-bond acceptors (Lipinski definition) is 3. The van der Waals surface area contributed by atoms with E-state index in [0.29, 0.717) is 19.5 Å². The molecular formula is C10H24N2O2S. The van der Waals surface area contributed by atoms with Gasteiger partial charge in [0.25, 0.3) is 0 Å². The summed E-state index contributed by atoms with van der Waals surface area (Å²) in [6.07, 6.45) is 2.44. The smallest absolute Gasteiger partial charge is 0.211 e. The molecule has 0 aromatic rings. The summed E-state index contributed by atoms with van der Waals surface area (Å²) in [5.41, 5.74) is 5.61. The largest absolute Gasteiger partial charge is 0.330 e. The number of nitrogens with two attached hydrogens (primary N) is 1. The number of sulfonamides is 1. The highest BCUT2D eigenvalue weighted by molar-refractivity contribution is 7.89. The van der Waals surface area contributed by atoms with E-state index in [0.717, 1.165) is 12.8 Å². The van der Waals surface area contributed by atoms with Crippen LogP contribution in [-0.4, -0.2) is 27.3 Å². The van der Waals surface area contributed by atoms with Crippen molar-refractivity contribution in [3.8, 4) is 0 Å². The lowest BCUT2D eigenvalue weighted by Crippen LogP contribution is -2.42. The molecule has 0 saturated carbocycles. The Labute approximate surface area is 93.7 Å². The maximum Gasteiger partial charge on any atom is 0.211 e. The van der Waals surface area contributed by atoms with Gasteiger partial charge in [0.2, 0.25) is 10.0 Å². The van der Waals surface area contributed by atoms with Gasteiger partial charge in [0.05, 0.1) is 5.75 Å². The third-order valence-electron chi connectivity index (χ3n) is 3.07. The molecule has 0 aromatic heterocycles. The normalized spacial score (nSPS) is 13.1. The maximum absolute atomic E-state index is 11.5. The molecule has 5 heteroatoms. The van der Waals surface area contributed by atoms with Crippen LogP contribution in [0.1, 0.15) is 40.0 Å². The first-order valence-electron chi connectivity index (χ1n) is 5.62. The second-order valence-electron chi connectivity index (χ2n) is 4.05. The monoisotopic (exact) mass is 236 g/mol. The minimum atomic E-state index is -3.10. The van der Waals surface area contributed by atoms with Gasteiger partial charge >= 0.3 is 0 Å². The summed E-state index contributed by atoms with van der Waals surface area (Å²) in [6.45, 7) is 6.93. The Hall–Kier alpha value is -0.130. The molecule has 0 atom stereocenters. The van der Waals surface area contributed by atoms with Gasteiger partial charge in [-0.05, 0) is 31.2 Å². The summed E-state index contributed by atoms with van der Waals surface area (Å²) in [5, 5.41) is 0. The highest BCUT2D eigenvalue weighted by Crippen LogP contribution is 2.23. The Kier molecular flexibility index (Phi) is 6.40. The molecule has 0 rings (SSSR count). The topological polar surface area (TPSA) is 72.2 Å². The van der Waals surface area contributed by atoms with Gasteiger partial charge in [-0.1, -0.05) is 20.8 Å². The predicted octanol–water partition coefficient (Wildman–Crippen LogP) is 1.08. The first-order chi connectivity index (χ1) is 6.95. The molecule has 3 N–H and O–H groups in total. The van der Waals surface area contributed by atoms with Crippen molar-refractivity contribution in [3.63, 3.8) is 0 Å². The molecule has 15 heavy (non-hydrogen) atoms. The van der Waals surface area contributed by atoms with E-state index in [1.54, 1.807) is 0 Å². The molecule has 92 valence electrons. The van der Waals surface area contributed by atoms with E-state index in [9.17, 15) is 8.42 Å². The lowest BCUT2D eigenvalue weighted by atomic mass is 9.83. The van der Waals surface area contributed by atoms with Crippen molar-refractivity contribution in [1.82, 2.24) is 4.72 Å². The first kappa shape index (κ1) is 14.9. The van der Waals surface area contributed by atoms with Crippen molar-refractivity contribution in [1.29, 1.82) is 0 Å². The minimum Gasteiger partial charge on any atom is -0.330 e. The van der Waals surface area contributed by atoms with Gasteiger partial charge in [0.15, 0.2) is 0 Å². The molecule has 0 radical (unpaired) electrons. The second kappa shape index (κ2) is 6.45. The van der Waals surface area contributed by atoms with Crippen LogP contribution < -0.4 is 10.5 Å². The Morgan fingerprint density at radius 2 is 1.73 bits per heavy atom. The fourth-order valence-electron chi connectivity index (χ4n) is 1.46. The van der Waals surface area contributed by atoms with Gasteiger partial charge in [0, 0.05) is 6.54 Å². The van der Waals surface area contributed by atoms with Crippen LogP contribution in [0.25, 0.3) is 0 Å². The molecule has 0 aliphatic heterocycles. The second-order valence-corrected chi connectivity index (χ2v) is 5.98. The van der Waals surface area contributed by atoms with Crippen molar-refractivity contribution in [2.75, 3.05) is 18.8 Å². The fraction of sp³-hybridized carbons (Fsp3) is 1.00. The molecule has 0 amide bonds. The Bertz CT molecular complexity index is 250. The standard InChI is InChI=1S/C10H24N2O2S/c1-4-7-15(13,14)12-9-10(5-2,6-3)8-11/h12H,4-9,11H2,1-3H3. The molecule has 0 unspecified atom stereocenters. The van der Waals surface area contributed by atoms with Gasteiger partial charge in [-0.2, -0.15) is 0 Å². The third-order valence-corrected chi connectivity index (χ3v) is 4.60. The molecule has 0 saturated heterocycles. The number of rotatable bonds is 8. The van der Waals surface area contributed by atoms with Gasteiger partial charge in [-0.25, -0.2) is 13.1 Å². The molecule has 0 fully saturated rings. The Balaban J connectivity index is 4.34. The van der Waals surface area contributed by atoms with Gasteiger partial charge in [-0.3, -0.25) is 0 Å². The summed E-state index contributed by atoms with van der Waals surface area (Å²) < 4.78 is 25.6. The Morgan fingerprint density at radius 3 is 2.07 bits per heavy atom. The number of hydrogen-bond donors (Lipinski definition) is 2. The van der Waals surface area contributed by atoms with Crippen molar-refractivity contribution in [3.05, 3.63) is 0 Å². The zero-order valence-corrected chi connectivity index (χ0v) is 10.9.